The molecule has 0 bridgehead atoms. The molecular weight excluding hydrogens is 304 g/mol. The molecule has 5 heteroatoms. The molecule has 1 heterocycles. The summed E-state index contributed by atoms with van der Waals surface area (Å²) in [4.78, 5) is 4.32. The van der Waals surface area contributed by atoms with Gasteiger partial charge >= 0.3 is 0 Å². The van der Waals surface area contributed by atoms with Gasteiger partial charge < -0.3 is 5.73 Å². The predicted molar refractivity (Wildman–Crippen MR) is 77.9 cm³/mol. The van der Waals surface area contributed by atoms with Crippen molar-refractivity contribution in [3.05, 3.63) is 52.5 Å². The Kier molecular flexibility index (Phi) is 2.73. The highest BCUT2D eigenvalue weighted by Crippen LogP contribution is 2.26. The average Bonchev–Trinajstić information content (AvgIpc) is 2.74. The van der Waals surface area contributed by atoms with Gasteiger partial charge in [0.15, 0.2) is 0 Å². The summed E-state index contributed by atoms with van der Waals surface area (Å²) in [6.45, 7) is 0. The second kappa shape index (κ2) is 4.41. The monoisotopic (exact) mass is 312 g/mol. The number of hydrogen-bond acceptors (Lipinski definition) is 3. The van der Waals surface area contributed by atoms with Crippen molar-refractivity contribution in [2.75, 3.05) is 5.73 Å². The molecule has 4 nitrogen and oxygen atoms in total. The van der Waals surface area contributed by atoms with Gasteiger partial charge in [-0.05, 0) is 36.4 Å². The molecule has 0 spiro atoms. The van der Waals surface area contributed by atoms with E-state index in [1.165, 1.54) is 0 Å². The van der Waals surface area contributed by atoms with Crippen LogP contribution in [-0.4, -0.2) is 9.55 Å². The normalized spacial score (nSPS) is 10.5. The molecule has 0 radical (unpaired) electrons. The maximum Gasteiger partial charge on any atom is 0.205 e. The topological polar surface area (TPSA) is 67.6 Å². The molecule has 0 fully saturated rings. The van der Waals surface area contributed by atoms with Gasteiger partial charge in [0.2, 0.25) is 5.95 Å². The molecule has 19 heavy (non-hydrogen) atoms. The van der Waals surface area contributed by atoms with Gasteiger partial charge in [-0.3, -0.25) is 4.57 Å². The zero-order valence-electron chi connectivity index (χ0n) is 9.84. The number of nitrogens with zero attached hydrogens (tertiary/aromatic N) is 3. The Bertz CT molecular complexity index is 814. The van der Waals surface area contributed by atoms with Crippen LogP contribution in [0.3, 0.4) is 0 Å². The summed E-state index contributed by atoms with van der Waals surface area (Å²) < 4.78 is 2.79. The highest BCUT2D eigenvalue weighted by atomic mass is 79.9. The Labute approximate surface area is 118 Å². The third-order valence-corrected chi connectivity index (χ3v) is 3.37. The zero-order valence-corrected chi connectivity index (χ0v) is 11.4. The largest absolute Gasteiger partial charge is 0.369 e. The molecule has 0 unspecified atom stereocenters. The van der Waals surface area contributed by atoms with Crippen LogP contribution >= 0.6 is 15.9 Å². The van der Waals surface area contributed by atoms with Gasteiger partial charge in [0.1, 0.15) is 0 Å². The van der Waals surface area contributed by atoms with Crippen molar-refractivity contribution < 1.29 is 0 Å². The summed E-state index contributed by atoms with van der Waals surface area (Å²) in [5, 5.41) is 8.97. The van der Waals surface area contributed by atoms with Crippen LogP contribution in [0.25, 0.3) is 16.7 Å². The predicted octanol–water partition coefficient (Wildman–Crippen LogP) is 3.24. The average molecular weight is 313 g/mol. The van der Waals surface area contributed by atoms with E-state index in [-0.39, 0.29) is 0 Å². The van der Waals surface area contributed by atoms with E-state index in [0.717, 1.165) is 21.2 Å². The molecule has 2 aromatic carbocycles. The maximum absolute atomic E-state index is 8.97. The lowest BCUT2D eigenvalue weighted by molar-refractivity contribution is 1.11. The number of nitriles is 1. The van der Waals surface area contributed by atoms with E-state index in [1.54, 1.807) is 12.1 Å². The standard InChI is InChI=1S/C14H9BrN4/c15-10-4-5-12-13(7-10)19(14(17)18-12)11-3-1-2-9(6-11)8-16/h1-7H,(H2,17,18). The van der Waals surface area contributed by atoms with Crippen LogP contribution in [0, 0.1) is 11.3 Å². The Balaban J connectivity index is 2.32. The van der Waals surface area contributed by atoms with E-state index in [1.807, 2.05) is 34.9 Å². The van der Waals surface area contributed by atoms with Crippen molar-refractivity contribution in [1.29, 1.82) is 5.26 Å². The summed E-state index contributed by atoms with van der Waals surface area (Å²) in [6.07, 6.45) is 0. The highest BCUT2D eigenvalue weighted by Gasteiger charge is 2.10. The molecule has 3 aromatic rings. The lowest BCUT2D eigenvalue weighted by atomic mass is 10.2. The van der Waals surface area contributed by atoms with Gasteiger partial charge in [-0.1, -0.05) is 22.0 Å². The molecule has 0 amide bonds. The number of hydrogen-bond donors (Lipinski definition) is 1. The first-order valence-electron chi connectivity index (χ1n) is 5.63. The number of imidazole rings is 1. The fourth-order valence-electron chi connectivity index (χ4n) is 2.05. The number of nitrogen functional groups attached to an aromatic ring is 1. The second-order valence-corrected chi connectivity index (χ2v) is 5.02. The van der Waals surface area contributed by atoms with Gasteiger partial charge in [0.25, 0.3) is 0 Å². The summed E-state index contributed by atoms with van der Waals surface area (Å²) in [5.41, 5.74) is 9.13. The molecule has 0 saturated heterocycles. The molecule has 0 aliphatic heterocycles. The molecule has 3 rings (SSSR count). The minimum absolute atomic E-state index is 0.406. The Morgan fingerprint density at radius 3 is 2.84 bits per heavy atom. The number of anilines is 1. The number of benzene rings is 2. The van der Waals surface area contributed by atoms with Crippen molar-refractivity contribution >= 4 is 32.9 Å². The summed E-state index contributed by atoms with van der Waals surface area (Å²) in [7, 11) is 0. The molecular formula is C14H9BrN4. The van der Waals surface area contributed by atoms with Gasteiger partial charge in [-0.15, -0.1) is 0 Å². The summed E-state index contributed by atoms with van der Waals surface area (Å²) >= 11 is 3.44. The summed E-state index contributed by atoms with van der Waals surface area (Å²) in [5.74, 6) is 0.406. The minimum Gasteiger partial charge on any atom is -0.369 e. The number of rotatable bonds is 1. The van der Waals surface area contributed by atoms with E-state index < -0.39 is 0 Å². The van der Waals surface area contributed by atoms with Crippen LogP contribution in [0.2, 0.25) is 0 Å². The van der Waals surface area contributed by atoms with Gasteiger partial charge in [-0.2, -0.15) is 5.26 Å². The SMILES string of the molecule is N#Cc1cccc(-n2c(N)nc3ccc(Br)cc32)c1. The molecule has 0 aliphatic carbocycles. The third kappa shape index (κ3) is 1.96. The van der Waals surface area contributed by atoms with Gasteiger partial charge in [0, 0.05) is 4.47 Å². The molecule has 0 aliphatic rings. The van der Waals surface area contributed by atoms with Crippen LogP contribution in [0.15, 0.2) is 46.9 Å². The fraction of sp³-hybridized carbons (Fsp3) is 0. The summed E-state index contributed by atoms with van der Waals surface area (Å²) in [6, 6.07) is 15.2. The van der Waals surface area contributed by atoms with Crippen molar-refractivity contribution in [1.82, 2.24) is 9.55 Å². The van der Waals surface area contributed by atoms with Crippen molar-refractivity contribution in [2.24, 2.45) is 0 Å². The first-order chi connectivity index (χ1) is 9.19. The second-order valence-electron chi connectivity index (χ2n) is 4.10. The van der Waals surface area contributed by atoms with Crippen LogP contribution in [0.4, 0.5) is 5.95 Å². The van der Waals surface area contributed by atoms with E-state index in [0.29, 0.717) is 11.5 Å². The fourth-order valence-corrected chi connectivity index (χ4v) is 2.40. The molecule has 2 N–H and O–H groups in total. The van der Waals surface area contributed by atoms with Crippen molar-refractivity contribution in [3.63, 3.8) is 0 Å². The number of nitrogens with two attached hydrogens (primary N) is 1. The third-order valence-electron chi connectivity index (χ3n) is 2.88. The Morgan fingerprint density at radius 1 is 1.21 bits per heavy atom. The quantitative estimate of drug-likeness (QED) is 0.750. The maximum atomic E-state index is 8.97. The van der Waals surface area contributed by atoms with Crippen LogP contribution < -0.4 is 5.73 Å². The van der Waals surface area contributed by atoms with Gasteiger partial charge in [-0.25, -0.2) is 4.98 Å². The Hall–Kier alpha value is -2.32. The smallest absolute Gasteiger partial charge is 0.205 e. The van der Waals surface area contributed by atoms with E-state index in [2.05, 4.69) is 27.0 Å². The Morgan fingerprint density at radius 2 is 2.05 bits per heavy atom. The zero-order chi connectivity index (χ0) is 13.4. The van der Waals surface area contributed by atoms with Gasteiger partial charge in [0.05, 0.1) is 28.4 Å². The molecule has 0 atom stereocenters. The number of fused-ring (bicyclic) bond motifs is 1. The van der Waals surface area contributed by atoms with Crippen LogP contribution in [0.1, 0.15) is 5.56 Å². The van der Waals surface area contributed by atoms with Crippen molar-refractivity contribution in [3.8, 4) is 11.8 Å². The van der Waals surface area contributed by atoms with E-state index in [4.69, 9.17) is 11.0 Å². The van der Waals surface area contributed by atoms with E-state index in [9.17, 15) is 0 Å². The van der Waals surface area contributed by atoms with Crippen LogP contribution in [0.5, 0.6) is 0 Å². The van der Waals surface area contributed by atoms with E-state index >= 15 is 0 Å². The first kappa shape index (κ1) is 11.8. The molecule has 1 aromatic heterocycles. The highest BCUT2D eigenvalue weighted by molar-refractivity contribution is 9.10. The lowest BCUT2D eigenvalue weighted by Crippen LogP contribution is -2.00. The molecule has 92 valence electrons. The van der Waals surface area contributed by atoms with Crippen LogP contribution in [-0.2, 0) is 0 Å². The first-order valence-corrected chi connectivity index (χ1v) is 6.42. The van der Waals surface area contributed by atoms with Crippen molar-refractivity contribution in [2.45, 2.75) is 0 Å². The number of aromatic nitrogens is 2. The minimum atomic E-state index is 0.406. The molecule has 0 saturated carbocycles. The lowest BCUT2D eigenvalue weighted by Gasteiger charge is -2.06. The number of halogens is 1.